The van der Waals surface area contributed by atoms with E-state index in [1.807, 2.05) is 20.8 Å². The lowest BCUT2D eigenvalue weighted by Gasteiger charge is -2.29. The summed E-state index contributed by atoms with van der Waals surface area (Å²) < 4.78 is 10.4. The predicted molar refractivity (Wildman–Crippen MR) is 60.9 cm³/mol. The normalized spacial score (nSPS) is 16.1. The van der Waals surface area contributed by atoms with Gasteiger partial charge in [-0.15, -0.1) is 0 Å². The van der Waals surface area contributed by atoms with Crippen LogP contribution in [0.5, 0.6) is 0 Å². The van der Waals surface area contributed by atoms with E-state index >= 15 is 0 Å². The zero-order valence-electron chi connectivity index (χ0n) is 10.8. The number of hydrogen-bond donors (Lipinski definition) is 0. The molecule has 0 rings (SSSR count). The molecule has 0 bridgehead atoms. The smallest absolute Gasteiger partial charge is 0.303 e. The van der Waals surface area contributed by atoms with E-state index in [0.29, 0.717) is 6.42 Å². The van der Waals surface area contributed by atoms with Crippen molar-refractivity contribution in [2.24, 2.45) is 5.92 Å². The monoisotopic (exact) mass is 230 g/mol. The van der Waals surface area contributed by atoms with Gasteiger partial charge in [0.15, 0.2) is 0 Å². The van der Waals surface area contributed by atoms with Gasteiger partial charge in [0.25, 0.3) is 0 Å². The fraction of sp³-hybridized carbons (Fsp3) is 0.833. The van der Waals surface area contributed by atoms with Gasteiger partial charge in [-0.2, -0.15) is 0 Å². The minimum atomic E-state index is -0.351. The molecule has 16 heavy (non-hydrogen) atoms. The molecule has 3 atom stereocenters. The second kappa shape index (κ2) is 7.25. The summed E-state index contributed by atoms with van der Waals surface area (Å²) in [5.74, 6) is -0.503. The van der Waals surface area contributed by atoms with Crippen LogP contribution in [0.15, 0.2) is 0 Å². The quantitative estimate of drug-likeness (QED) is 0.657. The summed E-state index contributed by atoms with van der Waals surface area (Å²) in [5, 5.41) is 0. The molecular formula is C12H22O4. The SMILES string of the molecule is CCC(C)C(OC(C)=O)C(CC)OC(C)=O. The molecule has 0 aliphatic heterocycles. The molecule has 0 aromatic heterocycles. The minimum Gasteiger partial charge on any atom is -0.459 e. The van der Waals surface area contributed by atoms with Gasteiger partial charge in [-0.25, -0.2) is 0 Å². The maximum absolute atomic E-state index is 11.0. The Morgan fingerprint density at radius 3 is 1.81 bits per heavy atom. The van der Waals surface area contributed by atoms with E-state index in [4.69, 9.17) is 9.47 Å². The highest BCUT2D eigenvalue weighted by Crippen LogP contribution is 2.20. The van der Waals surface area contributed by atoms with E-state index in [9.17, 15) is 9.59 Å². The lowest BCUT2D eigenvalue weighted by Crippen LogP contribution is -2.38. The molecule has 4 nitrogen and oxygen atoms in total. The van der Waals surface area contributed by atoms with Crippen molar-refractivity contribution in [2.45, 2.75) is 59.7 Å². The summed E-state index contributed by atoms with van der Waals surface area (Å²) >= 11 is 0. The molecule has 0 radical (unpaired) electrons. The number of carbonyl (C=O) groups excluding carboxylic acids is 2. The van der Waals surface area contributed by atoms with Crippen molar-refractivity contribution < 1.29 is 19.1 Å². The molecule has 94 valence electrons. The molecule has 0 saturated heterocycles. The zero-order chi connectivity index (χ0) is 12.7. The molecule has 0 amide bonds. The van der Waals surface area contributed by atoms with Crippen molar-refractivity contribution in [1.29, 1.82) is 0 Å². The van der Waals surface area contributed by atoms with Crippen LogP contribution in [0.3, 0.4) is 0 Å². The molecular weight excluding hydrogens is 208 g/mol. The average molecular weight is 230 g/mol. The van der Waals surface area contributed by atoms with E-state index in [1.165, 1.54) is 13.8 Å². The molecule has 0 saturated carbocycles. The predicted octanol–water partition coefficient (Wildman–Crippen LogP) is 2.31. The van der Waals surface area contributed by atoms with Crippen LogP contribution in [-0.4, -0.2) is 24.1 Å². The third kappa shape index (κ3) is 5.14. The molecule has 3 unspecified atom stereocenters. The number of carbonyl (C=O) groups is 2. The Morgan fingerprint density at radius 2 is 1.50 bits per heavy atom. The van der Waals surface area contributed by atoms with Crippen LogP contribution in [0.4, 0.5) is 0 Å². The standard InChI is InChI=1S/C12H22O4/c1-6-8(3)12(16-10(5)14)11(7-2)15-9(4)13/h8,11-12H,6-7H2,1-5H3. The van der Waals surface area contributed by atoms with E-state index in [-0.39, 0.29) is 30.1 Å². The number of rotatable bonds is 6. The van der Waals surface area contributed by atoms with Crippen LogP contribution in [0.25, 0.3) is 0 Å². The fourth-order valence-electron chi connectivity index (χ4n) is 1.58. The lowest BCUT2D eigenvalue weighted by atomic mass is 9.95. The summed E-state index contributed by atoms with van der Waals surface area (Å²) in [6, 6.07) is 0. The molecule has 0 N–H and O–H groups in total. The van der Waals surface area contributed by atoms with Crippen molar-refractivity contribution in [1.82, 2.24) is 0 Å². The van der Waals surface area contributed by atoms with Gasteiger partial charge in [0, 0.05) is 13.8 Å². The second-order valence-electron chi connectivity index (χ2n) is 4.02. The van der Waals surface area contributed by atoms with Gasteiger partial charge in [-0.1, -0.05) is 20.8 Å². The maximum atomic E-state index is 11.0. The van der Waals surface area contributed by atoms with E-state index in [0.717, 1.165) is 6.42 Å². The van der Waals surface area contributed by atoms with Gasteiger partial charge in [0.1, 0.15) is 12.2 Å². The van der Waals surface area contributed by atoms with E-state index in [2.05, 4.69) is 0 Å². The summed E-state index contributed by atoms with van der Waals surface area (Å²) in [5.41, 5.74) is 0. The minimum absolute atomic E-state index is 0.174. The van der Waals surface area contributed by atoms with Crippen molar-refractivity contribution in [3.8, 4) is 0 Å². The van der Waals surface area contributed by atoms with Crippen LogP contribution in [0, 0.1) is 5.92 Å². The summed E-state index contributed by atoms with van der Waals surface area (Å²) in [7, 11) is 0. The molecule has 0 spiro atoms. The first-order valence-corrected chi connectivity index (χ1v) is 5.76. The lowest BCUT2D eigenvalue weighted by molar-refractivity contribution is -0.169. The van der Waals surface area contributed by atoms with Crippen LogP contribution >= 0.6 is 0 Å². The Hall–Kier alpha value is -1.06. The molecule has 0 aliphatic carbocycles. The summed E-state index contributed by atoms with van der Waals surface area (Å²) in [6.07, 6.45) is 0.810. The van der Waals surface area contributed by atoms with Crippen molar-refractivity contribution in [2.75, 3.05) is 0 Å². The first-order valence-electron chi connectivity index (χ1n) is 5.76. The van der Waals surface area contributed by atoms with Crippen LogP contribution in [-0.2, 0) is 19.1 Å². The van der Waals surface area contributed by atoms with Gasteiger partial charge in [0.2, 0.25) is 0 Å². The van der Waals surface area contributed by atoms with Crippen LogP contribution in [0.1, 0.15) is 47.5 Å². The van der Waals surface area contributed by atoms with Crippen LogP contribution < -0.4 is 0 Å². The van der Waals surface area contributed by atoms with Crippen molar-refractivity contribution in [3.05, 3.63) is 0 Å². The summed E-state index contributed by atoms with van der Waals surface area (Å²) in [6.45, 7) is 8.65. The Morgan fingerprint density at radius 1 is 1.00 bits per heavy atom. The Bertz CT molecular complexity index is 237. The maximum Gasteiger partial charge on any atom is 0.303 e. The molecule has 0 aromatic rings. The highest BCUT2D eigenvalue weighted by molar-refractivity contribution is 5.67. The Balaban J connectivity index is 4.67. The number of ether oxygens (including phenoxy) is 2. The van der Waals surface area contributed by atoms with Gasteiger partial charge in [0.05, 0.1) is 0 Å². The van der Waals surface area contributed by atoms with Gasteiger partial charge < -0.3 is 9.47 Å². The Kier molecular flexibility index (Phi) is 6.77. The Labute approximate surface area is 97.3 Å². The largest absolute Gasteiger partial charge is 0.459 e. The third-order valence-electron chi connectivity index (χ3n) is 2.59. The van der Waals surface area contributed by atoms with Crippen LogP contribution in [0.2, 0.25) is 0 Å². The van der Waals surface area contributed by atoms with Crippen molar-refractivity contribution in [3.63, 3.8) is 0 Å². The van der Waals surface area contributed by atoms with Crippen molar-refractivity contribution >= 4 is 11.9 Å². The second-order valence-corrected chi connectivity index (χ2v) is 4.02. The molecule has 4 heteroatoms. The topological polar surface area (TPSA) is 52.6 Å². The van der Waals surface area contributed by atoms with Gasteiger partial charge in [-0.3, -0.25) is 9.59 Å². The first kappa shape index (κ1) is 14.9. The molecule has 0 heterocycles. The average Bonchev–Trinajstić information content (AvgIpc) is 2.21. The van der Waals surface area contributed by atoms with E-state index in [1.54, 1.807) is 0 Å². The zero-order valence-corrected chi connectivity index (χ0v) is 10.8. The number of hydrogen-bond acceptors (Lipinski definition) is 4. The highest BCUT2D eigenvalue weighted by Gasteiger charge is 2.29. The fourth-order valence-corrected chi connectivity index (χ4v) is 1.58. The highest BCUT2D eigenvalue weighted by atomic mass is 16.6. The molecule has 0 aliphatic rings. The van der Waals surface area contributed by atoms with Gasteiger partial charge in [-0.05, 0) is 18.8 Å². The molecule has 0 fully saturated rings. The third-order valence-corrected chi connectivity index (χ3v) is 2.59. The van der Waals surface area contributed by atoms with Gasteiger partial charge >= 0.3 is 11.9 Å². The molecule has 0 aromatic carbocycles. The first-order chi connectivity index (χ1) is 7.42. The summed E-state index contributed by atoms with van der Waals surface area (Å²) in [4.78, 5) is 22.0. The van der Waals surface area contributed by atoms with E-state index < -0.39 is 0 Å². The number of esters is 2.